The van der Waals surface area contributed by atoms with Crippen LogP contribution in [0.15, 0.2) is 140 Å². The summed E-state index contributed by atoms with van der Waals surface area (Å²) in [6.07, 6.45) is 3.69. The first-order chi connectivity index (χ1) is 24.4. The summed E-state index contributed by atoms with van der Waals surface area (Å²) in [6.45, 7) is 6.66. The zero-order chi connectivity index (χ0) is 33.8. The molecule has 1 aliphatic rings. The van der Waals surface area contributed by atoms with Gasteiger partial charge in [0.2, 0.25) is 0 Å². The number of ether oxygens (including phenoxy) is 2. The normalized spacial score (nSPS) is 12.1. The Morgan fingerprint density at radius 2 is 1.33 bits per heavy atom. The summed E-state index contributed by atoms with van der Waals surface area (Å²) in [5, 5.41) is 2.08. The fourth-order valence-electron chi connectivity index (χ4n) is 6.61. The van der Waals surface area contributed by atoms with Crippen LogP contribution in [0, 0.1) is 12.1 Å². The van der Waals surface area contributed by atoms with Gasteiger partial charge in [-0.25, -0.2) is 4.98 Å². The summed E-state index contributed by atoms with van der Waals surface area (Å²) < 4.78 is 15.7. The van der Waals surface area contributed by atoms with Gasteiger partial charge in [-0.1, -0.05) is 93.7 Å². The van der Waals surface area contributed by atoms with E-state index >= 15 is 0 Å². The van der Waals surface area contributed by atoms with E-state index in [9.17, 15) is 0 Å². The third kappa shape index (κ3) is 6.03. The van der Waals surface area contributed by atoms with Crippen molar-refractivity contribution in [2.45, 2.75) is 33.6 Å². The molecule has 52 heavy (non-hydrogen) atoms. The van der Waals surface area contributed by atoms with E-state index in [1.807, 2.05) is 85.1 Å². The molecule has 4 heterocycles. The summed E-state index contributed by atoms with van der Waals surface area (Å²) in [6, 6.07) is 50.1. The molecule has 9 rings (SSSR count). The van der Waals surface area contributed by atoms with Crippen molar-refractivity contribution >= 4 is 38.9 Å². The van der Waals surface area contributed by atoms with E-state index in [2.05, 4.69) is 95.9 Å². The van der Waals surface area contributed by atoms with Crippen molar-refractivity contribution in [3.8, 4) is 40.1 Å². The van der Waals surface area contributed by atoms with Gasteiger partial charge in [0, 0.05) is 23.7 Å². The molecule has 7 heteroatoms. The molecule has 3 aromatic heterocycles. The fourth-order valence-corrected chi connectivity index (χ4v) is 6.61. The zero-order valence-electron chi connectivity index (χ0n) is 28.2. The second-order valence-electron chi connectivity index (χ2n) is 13.4. The summed E-state index contributed by atoms with van der Waals surface area (Å²) >= 11 is 0. The predicted molar refractivity (Wildman–Crippen MR) is 206 cm³/mol. The van der Waals surface area contributed by atoms with Crippen molar-refractivity contribution < 1.29 is 30.5 Å². The molecular weight excluding hydrogens is 824 g/mol. The van der Waals surface area contributed by atoms with Crippen LogP contribution < -0.4 is 14.4 Å². The number of hydrogen-bond acceptors (Lipinski definition) is 5. The van der Waals surface area contributed by atoms with E-state index in [0.29, 0.717) is 28.7 Å². The van der Waals surface area contributed by atoms with Crippen LogP contribution in [0.5, 0.6) is 23.0 Å². The Morgan fingerprint density at radius 1 is 0.615 bits per heavy atom. The van der Waals surface area contributed by atoms with Crippen molar-refractivity contribution in [1.82, 2.24) is 14.5 Å². The molecule has 0 N–H and O–H groups in total. The molecule has 0 radical (unpaired) electrons. The molecule has 258 valence electrons. The van der Waals surface area contributed by atoms with Gasteiger partial charge in [0.15, 0.2) is 17.2 Å². The van der Waals surface area contributed by atoms with Gasteiger partial charge in [-0.3, -0.25) is 0 Å². The van der Waals surface area contributed by atoms with Crippen LogP contribution in [-0.2, 0) is 26.5 Å². The average molecular weight is 860 g/mol. The van der Waals surface area contributed by atoms with Crippen LogP contribution >= 0.6 is 0 Å². The number of pyridine rings is 2. The van der Waals surface area contributed by atoms with Gasteiger partial charge in [0.1, 0.15) is 5.82 Å². The Kier molecular flexibility index (Phi) is 9.20. The van der Waals surface area contributed by atoms with Crippen LogP contribution in [0.2, 0.25) is 0 Å². The number of para-hydroxylation sites is 5. The number of fused-ring (bicyclic) bond motifs is 6. The molecule has 0 fully saturated rings. The second-order valence-corrected chi connectivity index (χ2v) is 13.4. The zero-order valence-corrected chi connectivity index (χ0v) is 30.5. The molecule has 8 aromatic rings. The van der Waals surface area contributed by atoms with Crippen molar-refractivity contribution in [2.24, 2.45) is 0 Å². The monoisotopic (exact) mass is 859 g/mol. The molecule has 0 unspecified atom stereocenters. The predicted octanol–water partition coefficient (Wildman–Crippen LogP) is 12.1. The SMILES string of the molecule is C.CC(C)(C)c1ccnc(-n2c3[c-]c4c(cc3c3ccccc32)Oc2ccccc2Oc2ccccc2N4c2[c-]c(-c3ccccn3)ccc2)c1.[Pt+2]. The van der Waals surface area contributed by atoms with E-state index in [4.69, 9.17) is 14.5 Å². The van der Waals surface area contributed by atoms with Gasteiger partial charge >= 0.3 is 21.1 Å². The van der Waals surface area contributed by atoms with Gasteiger partial charge in [-0.2, -0.15) is 0 Å². The summed E-state index contributed by atoms with van der Waals surface area (Å²) in [5.41, 5.74) is 7.06. The first-order valence-corrected chi connectivity index (χ1v) is 16.7. The second kappa shape index (κ2) is 13.8. The molecule has 6 nitrogen and oxygen atoms in total. The molecule has 0 saturated heterocycles. The minimum atomic E-state index is -0.0516. The smallest absolute Gasteiger partial charge is 0.511 e. The first kappa shape index (κ1) is 34.7. The van der Waals surface area contributed by atoms with Gasteiger partial charge in [0.05, 0.1) is 5.69 Å². The van der Waals surface area contributed by atoms with E-state index in [1.165, 1.54) is 5.56 Å². The number of hydrogen-bond donors (Lipinski definition) is 0. The summed E-state index contributed by atoms with van der Waals surface area (Å²) in [7, 11) is 0. The molecule has 5 aromatic carbocycles. The maximum Gasteiger partial charge on any atom is 2.00 e. The molecule has 0 saturated carbocycles. The van der Waals surface area contributed by atoms with Crippen LogP contribution in [0.25, 0.3) is 38.9 Å². The number of rotatable bonds is 3. The summed E-state index contributed by atoms with van der Waals surface area (Å²) in [5.74, 6) is 3.34. The van der Waals surface area contributed by atoms with Gasteiger partial charge in [-0.05, 0) is 82.0 Å². The Balaban J connectivity index is 0.00000210. The molecule has 0 aliphatic carbocycles. The largest absolute Gasteiger partial charge is 2.00 e. The number of benzene rings is 5. The molecule has 1 aliphatic heterocycles. The van der Waals surface area contributed by atoms with E-state index in [1.54, 1.807) is 6.20 Å². The van der Waals surface area contributed by atoms with Gasteiger partial charge in [0.25, 0.3) is 0 Å². The number of aromatic nitrogens is 3. The molecule has 0 atom stereocenters. The molecule has 0 bridgehead atoms. The van der Waals surface area contributed by atoms with E-state index < -0.39 is 0 Å². The Hall–Kier alpha value is -5.71. The Morgan fingerprint density at radius 3 is 2.10 bits per heavy atom. The Labute approximate surface area is 318 Å². The van der Waals surface area contributed by atoms with Crippen molar-refractivity contribution in [3.63, 3.8) is 0 Å². The fraction of sp³-hybridized carbons (Fsp3) is 0.111. The standard InChI is InChI=1S/C44H32N4O2.CH4.Pt/c1-44(2,3)30-22-24-46-43(26-30)48-35-17-5-4-15-32(35)33-27-42-38(28-37(33)48)47(31-14-12-13-29(25-31)34-16-10-11-23-45-34)36-18-6-7-19-39(36)49-40-20-8-9-21-41(40)50-42;;/h4-24,26-27H,1-3H3;1H4;/q-2;;+2. The third-order valence-electron chi connectivity index (χ3n) is 9.08. The maximum atomic E-state index is 6.85. The first-order valence-electron chi connectivity index (χ1n) is 16.7. The number of nitrogens with zero attached hydrogens (tertiary/aromatic N) is 4. The summed E-state index contributed by atoms with van der Waals surface area (Å²) in [4.78, 5) is 11.6. The van der Waals surface area contributed by atoms with E-state index in [0.717, 1.165) is 50.3 Å². The quantitative estimate of drug-likeness (QED) is 0.166. The molecule has 0 amide bonds. The van der Waals surface area contributed by atoms with Gasteiger partial charge < -0.3 is 23.9 Å². The van der Waals surface area contributed by atoms with Crippen molar-refractivity contribution in [3.05, 3.63) is 157 Å². The molecular formula is C45H36N4O2Pt. The van der Waals surface area contributed by atoms with Crippen molar-refractivity contribution in [2.75, 3.05) is 4.90 Å². The van der Waals surface area contributed by atoms with E-state index in [-0.39, 0.29) is 33.9 Å². The topological polar surface area (TPSA) is 52.4 Å². The van der Waals surface area contributed by atoms with Crippen molar-refractivity contribution in [1.29, 1.82) is 0 Å². The van der Waals surface area contributed by atoms with Crippen LogP contribution in [0.3, 0.4) is 0 Å². The van der Waals surface area contributed by atoms with Crippen LogP contribution in [-0.4, -0.2) is 14.5 Å². The minimum Gasteiger partial charge on any atom is -0.511 e. The Bertz CT molecular complexity index is 2560. The average Bonchev–Trinajstić information content (AvgIpc) is 3.48. The number of anilines is 3. The molecule has 0 spiro atoms. The van der Waals surface area contributed by atoms with Crippen LogP contribution in [0.1, 0.15) is 33.8 Å². The minimum absolute atomic E-state index is 0. The van der Waals surface area contributed by atoms with Gasteiger partial charge in [-0.15, -0.1) is 42.0 Å². The third-order valence-corrected chi connectivity index (χ3v) is 9.08. The maximum absolute atomic E-state index is 6.85. The van der Waals surface area contributed by atoms with Crippen LogP contribution in [0.4, 0.5) is 17.1 Å².